The molecule has 1 amide bonds. The molecule has 2 aromatic heterocycles. The number of anilines is 1. The van der Waals surface area contributed by atoms with Crippen LogP contribution in [0, 0.1) is 5.92 Å². The van der Waals surface area contributed by atoms with Crippen LogP contribution in [-0.2, 0) is 12.8 Å². The van der Waals surface area contributed by atoms with Crippen molar-refractivity contribution in [3.8, 4) is 0 Å². The number of hydrogen-bond donors (Lipinski definition) is 1. The minimum Gasteiger partial charge on any atom is -0.397 e. The second-order valence-electron chi connectivity index (χ2n) is 6.29. The Kier molecular flexibility index (Phi) is 4.57. The van der Waals surface area contributed by atoms with Crippen LogP contribution in [0.25, 0.3) is 10.2 Å². The van der Waals surface area contributed by atoms with Crippen LogP contribution in [0.1, 0.15) is 54.5 Å². The van der Waals surface area contributed by atoms with Gasteiger partial charge in [-0.2, -0.15) is 0 Å². The van der Waals surface area contributed by atoms with Crippen molar-refractivity contribution < 1.29 is 4.79 Å². The summed E-state index contributed by atoms with van der Waals surface area (Å²) in [5.74, 6) is 0.776. The number of aryl methyl sites for hydroxylation is 1. The molecule has 2 aromatic rings. The Balaban J connectivity index is 2.04. The van der Waals surface area contributed by atoms with E-state index in [0.29, 0.717) is 23.7 Å². The van der Waals surface area contributed by atoms with E-state index in [9.17, 15) is 4.79 Å². The van der Waals surface area contributed by atoms with E-state index in [4.69, 9.17) is 10.7 Å². The zero-order valence-corrected chi connectivity index (χ0v) is 15.0. The van der Waals surface area contributed by atoms with E-state index < -0.39 is 0 Å². The number of fused-ring (bicyclic) bond motifs is 2. The quantitative estimate of drug-likeness (QED) is 0.925. The van der Waals surface area contributed by atoms with Crippen LogP contribution in [-0.4, -0.2) is 28.9 Å². The predicted molar refractivity (Wildman–Crippen MR) is 97.1 cm³/mol. The van der Waals surface area contributed by atoms with Gasteiger partial charge in [-0.15, -0.1) is 11.3 Å². The molecule has 0 spiro atoms. The molecule has 23 heavy (non-hydrogen) atoms. The summed E-state index contributed by atoms with van der Waals surface area (Å²) < 4.78 is 0. The van der Waals surface area contributed by atoms with Crippen LogP contribution in [0.15, 0.2) is 6.07 Å². The van der Waals surface area contributed by atoms with Gasteiger partial charge in [-0.05, 0) is 50.7 Å². The van der Waals surface area contributed by atoms with E-state index in [1.165, 1.54) is 35.4 Å². The van der Waals surface area contributed by atoms with Gasteiger partial charge in [0.1, 0.15) is 9.71 Å². The highest BCUT2D eigenvalue weighted by Crippen LogP contribution is 2.37. The number of carbonyl (C=O) groups is 1. The van der Waals surface area contributed by atoms with Crippen LogP contribution in [0.3, 0.4) is 0 Å². The Morgan fingerprint density at radius 1 is 1.39 bits per heavy atom. The average Bonchev–Trinajstić information content (AvgIpc) is 2.89. The molecule has 0 radical (unpaired) electrons. The van der Waals surface area contributed by atoms with E-state index in [1.807, 2.05) is 18.7 Å². The van der Waals surface area contributed by atoms with Gasteiger partial charge >= 0.3 is 0 Å². The fraction of sp³-hybridized carbons (Fsp3) is 0.556. The Bertz CT molecular complexity index is 733. The van der Waals surface area contributed by atoms with Crippen molar-refractivity contribution in [3.63, 3.8) is 0 Å². The highest BCUT2D eigenvalue weighted by atomic mass is 32.1. The SMILES string of the molecule is CCC1CCc2nc3sc(C(=O)N(CC)CC)c(N)c3cc2C1. The monoisotopic (exact) mass is 331 g/mol. The van der Waals surface area contributed by atoms with Gasteiger partial charge in [0.25, 0.3) is 5.91 Å². The van der Waals surface area contributed by atoms with Crippen LogP contribution in [0.5, 0.6) is 0 Å². The second-order valence-corrected chi connectivity index (χ2v) is 7.29. The molecule has 1 atom stereocenters. The number of carbonyl (C=O) groups excluding carboxylic acids is 1. The number of aromatic nitrogens is 1. The summed E-state index contributed by atoms with van der Waals surface area (Å²) in [6.45, 7) is 7.64. The molecule has 1 aliphatic carbocycles. The Labute approximate surface area is 141 Å². The summed E-state index contributed by atoms with van der Waals surface area (Å²) in [5, 5.41) is 0.959. The predicted octanol–water partition coefficient (Wildman–Crippen LogP) is 3.88. The van der Waals surface area contributed by atoms with Crippen molar-refractivity contribution in [2.24, 2.45) is 5.92 Å². The molecule has 3 rings (SSSR count). The number of pyridine rings is 1. The molecule has 2 heterocycles. The van der Waals surface area contributed by atoms with E-state index in [1.54, 1.807) is 0 Å². The number of hydrogen-bond acceptors (Lipinski definition) is 4. The van der Waals surface area contributed by atoms with Gasteiger partial charge in [0.05, 0.1) is 5.69 Å². The fourth-order valence-electron chi connectivity index (χ4n) is 3.43. The molecule has 1 aliphatic rings. The first-order valence-electron chi connectivity index (χ1n) is 8.58. The largest absolute Gasteiger partial charge is 0.397 e. The zero-order valence-electron chi connectivity index (χ0n) is 14.2. The third-order valence-electron chi connectivity index (χ3n) is 5.01. The Morgan fingerprint density at radius 2 is 2.13 bits per heavy atom. The molecule has 2 N–H and O–H groups in total. The number of amides is 1. The van der Waals surface area contributed by atoms with Crippen LogP contribution in [0.4, 0.5) is 5.69 Å². The Morgan fingerprint density at radius 3 is 2.78 bits per heavy atom. The maximum Gasteiger partial charge on any atom is 0.266 e. The average molecular weight is 331 g/mol. The maximum absolute atomic E-state index is 12.6. The number of nitrogens with zero attached hydrogens (tertiary/aromatic N) is 2. The van der Waals surface area contributed by atoms with Gasteiger partial charge in [-0.1, -0.05) is 13.3 Å². The normalized spacial score (nSPS) is 17.3. The minimum absolute atomic E-state index is 0.0277. The lowest BCUT2D eigenvalue weighted by Crippen LogP contribution is -2.30. The van der Waals surface area contributed by atoms with Crippen molar-refractivity contribution in [1.29, 1.82) is 0 Å². The summed E-state index contributed by atoms with van der Waals surface area (Å²) in [4.78, 5) is 20.8. The third-order valence-corrected chi connectivity index (χ3v) is 6.11. The van der Waals surface area contributed by atoms with Gasteiger partial charge in [0, 0.05) is 24.2 Å². The molecule has 0 saturated carbocycles. The third kappa shape index (κ3) is 2.82. The number of nitrogen functional groups attached to an aromatic ring is 1. The van der Waals surface area contributed by atoms with Gasteiger partial charge in [0.15, 0.2) is 0 Å². The van der Waals surface area contributed by atoms with Gasteiger partial charge in [-0.25, -0.2) is 4.98 Å². The summed E-state index contributed by atoms with van der Waals surface area (Å²) in [6.07, 6.45) is 4.56. The minimum atomic E-state index is 0.0277. The molecule has 0 saturated heterocycles. The highest BCUT2D eigenvalue weighted by Gasteiger charge is 2.24. The van der Waals surface area contributed by atoms with Gasteiger partial charge in [0.2, 0.25) is 0 Å². The first-order chi connectivity index (χ1) is 11.1. The number of rotatable bonds is 4. The molecule has 0 aromatic carbocycles. The summed E-state index contributed by atoms with van der Waals surface area (Å²) in [6, 6.07) is 2.18. The van der Waals surface area contributed by atoms with Crippen molar-refractivity contribution in [2.45, 2.75) is 46.5 Å². The van der Waals surface area contributed by atoms with Crippen molar-refractivity contribution in [1.82, 2.24) is 9.88 Å². The van der Waals surface area contributed by atoms with Crippen molar-refractivity contribution in [2.75, 3.05) is 18.8 Å². The van der Waals surface area contributed by atoms with Crippen LogP contribution in [0.2, 0.25) is 0 Å². The van der Waals surface area contributed by atoms with E-state index >= 15 is 0 Å². The lowest BCUT2D eigenvalue weighted by Gasteiger charge is -2.22. The zero-order chi connectivity index (χ0) is 16.6. The van der Waals surface area contributed by atoms with Gasteiger partial charge in [-0.3, -0.25) is 4.79 Å². The summed E-state index contributed by atoms with van der Waals surface area (Å²) >= 11 is 1.44. The molecule has 4 nitrogen and oxygen atoms in total. The van der Waals surface area contributed by atoms with Crippen molar-refractivity contribution >= 4 is 33.1 Å². The number of thiophene rings is 1. The maximum atomic E-state index is 12.6. The first kappa shape index (κ1) is 16.2. The lowest BCUT2D eigenvalue weighted by molar-refractivity contribution is 0.0779. The van der Waals surface area contributed by atoms with Crippen LogP contribution >= 0.6 is 11.3 Å². The summed E-state index contributed by atoms with van der Waals surface area (Å²) in [7, 11) is 0. The van der Waals surface area contributed by atoms with E-state index in [2.05, 4.69) is 13.0 Å². The Hall–Kier alpha value is -1.62. The van der Waals surface area contributed by atoms with Crippen LogP contribution < -0.4 is 5.73 Å². The highest BCUT2D eigenvalue weighted by molar-refractivity contribution is 7.21. The fourth-order valence-corrected chi connectivity index (χ4v) is 4.49. The molecular weight excluding hydrogens is 306 g/mol. The van der Waals surface area contributed by atoms with E-state index in [0.717, 1.165) is 29.0 Å². The molecule has 0 bridgehead atoms. The second kappa shape index (κ2) is 6.48. The molecule has 0 aliphatic heterocycles. The number of nitrogens with two attached hydrogens (primary N) is 1. The molecule has 0 fully saturated rings. The smallest absolute Gasteiger partial charge is 0.266 e. The topological polar surface area (TPSA) is 59.2 Å². The summed E-state index contributed by atoms with van der Waals surface area (Å²) in [5.41, 5.74) is 9.44. The standard InChI is InChI=1S/C18H25N3OS/c1-4-11-7-8-14-12(9-11)10-13-15(19)16(23-17(13)20-14)18(22)21(5-2)6-3/h10-11H,4-9,19H2,1-3H3. The molecular formula is C18H25N3OS. The van der Waals surface area contributed by atoms with Crippen molar-refractivity contribution in [3.05, 3.63) is 22.2 Å². The first-order valence-corrected chi connectivity index (χ1v) is 9.40. The molecule has 124 valence electrons. The lowest BCUT2D eigenvalue weighted by atomic mass is 9.85. The van der Waals surface area contributed by atoms with Gasteiger partial charge < -0.3 is 10.6 Å². The molecule has 1 unspecified atom stereocenters. The molecule has 5 heteroatoms. The van der Waals surface area contributed by atoms with E-state index in [-0.39, 0.29) is 5.91 Å².